The van der Waals surface area contributed by atoms with Crippen molar-refractivity contribution in [2.75, 3.05) is 32.8 Å². The molecule has 24 heavy (non-hydrogen) atoms. The fourth-order valence-electron chi connectivity index (χ4n) is 2.89. The summed E-state index contributed by atoms with van der Waals surface area (Å²) >= 11 is 0. The highest BCUT2D eigenvalue weighted by molar-refractivity contribution is 5.94. The van der Waals surface area contributed by atoms with E-state index < -0.39 is 0 Å². The predicted molar refractivity (Wildman–Crippen MR) is 94.3 cm³/mol. The predicted octanol–water partition coefficient (Wildman–Crippen LogP) is 3.50. The molecule has 2 rings (SSSR count). The average Bonchev–Trinajstić information content (AvgIpc) is 2.87. The number of carbonyl (C=O) groups excluding carboxylic acids is 2. The lowest BCUT2D eigenvalue weighted by Gasteiger charge is -2.22. The third-order valence-electron chi connectivity index (χ3n) is 4.65. The fourth-order valence-corrected chi connectivity index (χ4v) is 2.89. The third-order valence-corrected chi connectivity index (χ3v) is 4.65. The van der Waals surface area contributed by atoms with E-state index in [4.69, 9.17) is 4.74 Å². The molecule has 132 valence electrons. The highest BCUT2D eigenvalue weighted by Gasteiger charge is 2.23. The molecule has 1 heterocycles. The van der Waals surface area contributed by atoms with Gasteiger partial charge in [-0.3, -0.25) is 4.79 Å². The molecule has 1 saturated heterocycles. The molecule has 1 aromatic rings. The van der Waals surface area contributed by atoms with Crippen LogP contribution in [0, 0.1) is 0 Å². The van der Waals surface area contributed by atoms with E-state index in [1.807, 2.05) is 29.2 Å². The molecule has 0 aromatic heterocycles. The Bertz CT molecular complexity index is 556. The van der Waals surface area contributed by atoms with E-state index in [1.54, 1.807) is 11.8 Å². The summed E-state index contributed by atoms with van der Waals surface area (Å²) in [6, 6.07) is 7.92. The number of benzene rings is 1. The van der Waals surface area contributed by atoms with Gasteiger partial charge in [0.1, 0.15) is 0 Å². The minimum absolute atomic E-state index is 0.0383. The van der Waals surface area contributed by atoms with Crippen LogP contribution < -0.4 is 0 Å². The Morgan fingerprint density at radius 1 is 1.04 bits per heavy atom. The molecule has 1 fully saturated rings. The first-order valence-electron chi connectivity index (χ1n) is 8.87. The molecule has 0 saturated carbocycles. The van der Waals surface area contributed by atoms with Crippen molar-refractivity contribution in [3.05, 3.63) is 35.4 Å². The van der Waals surface area contributed by atoms with Crippen LogP contribution in [-0.2, 0) is 4.74 Å². The van der Waals surface area contributed by atoms with E-state index in [9.17, 15) is 9.59 Å². The zero-order valence-corrected chi connectivity index (χ0v) is 15.0. The smallest absolute Gasteiger partial charge is 0.409 e. The molecule has 5 nitrogen and oxygen atoms in total. The summed E-state index contributed by atoms with van der Waals surface area (Å²) in [5.41, 5.74) is 1.98. The van der Waals surface area contributed by atoms with Crippen molar-refractivity contribution < 1.29 is 14.3 Å². The number of carbonyl (C=O) groups is 2. The Morgan fingerprint density at radius 3 is 2.29 bits per heavy atom. The molecule has 1 aliphatic heterocycles. The summed E-state index contributed by atoms with van der Waals surface area (Å²) in [6.07, 6.45) is 1.57. The number of hydrogen-bond acceptors (Lipinski definition) is 3. The van der Waals surface area contributed by atoms with Crippen LogP contribution in [0.25, 0.3) is 0 Å². The Balaban J connectivity index is 1.98. The van der Waals surface area contributed by atoms with E-state index in [0.717, 1.165) is 12.8 Å². The Kier molecular flexibility index (Phi) is 6.64. The number of nitrogens with zero attached hydrogens (tertiary/aromatic N) is 2. The molecule has 2 amide bonds. The van der Waals surface area contributed by atoms with Gasteiger partial charge in [0.05, 0.1) is 6.61 Å². The zero-order chi connectivity index (χ0) is 17.5. The summed E-state index contributed by atoms with van der Waals surface area (Å²) in [7, 11) is 0. The highest BCUT2D eigenvalue weighted by Crippen LogP contribution is 2.19. The van der Waals surface area contributed by atoms with Gasteiger partial charge < -0.3 is 14.5 Å². The van der Waals surface area contributed by atoms with Crippen molar-refractivity contribution in [3.63, 3.8) is 0 Å². The molecule has 1 atom stereocenters. The largest absolute Gasteiger partial charge is 0.450 e. The monoisotopic (exact) mass is 332 g/mol. The topological polar surface area (TPSA) is 49.9 Å². The molecular weight excluding hydrogens is 304 g/mol. The van der Waals surface area contributed by atoms with Crippen molar-refractivity contribution in [3.8, 4) is 0 Å². The Hall–Kier alpha value is -2.04. The molecule has 1 aliphatic rings. The first-order valence-corrected chi connectivity index (χ1v) is 8.87. The summed E-state index contributed by atoms with van der Waals surface area (Å²) in [5, 5.41) is 0. The van der Waals surface area contributed by atoms with E-state index in [2.05, 4.69) is 13.8 Å². The van der Waals surface area contributed by atoms with Crippen molar-refractivity contribution in [1.29, 1.82) is 0 Å². The van der Waals surface area contributed by atoms with Gasteiger partial charge in [0, 0.05) is 31.7 Å². The van der Waals surface area contributed by atoms with Crippen LogP contribution >= 0.6 is 0 Å². The van der Waals surface area contributed by atoms with Gasteiger partial charge in [-0.05, 0) is 43.4 Å². The van der Waals surface area contributed by atoms with Crippen LogP contribution in [0.3, 0.4) is 0 Å². The summed E-state index contributed by atoms with van der Waals surface area (Å²) in [4.78, 5) is 28.0. The quantitative estimate of drug-likeness (QED) is 0.848. The number of amides is 2. The fraction of sp³-hybridized carbons (Fsp3) is 0.579. The molecule has 1 unspecified atom stereocenters. The molecule has 0 radical (unpaired) electrons. The van der Waals surface area contributed by atoms with E-state index in [0.29, 0.717) is 44.3 Å². The van der Waals surface area contributed by atoms with Crippen molar-refractivity contribution in [2.45, 2.75) is 39.5 Å². The lowest BCUT2D eigenvalue weighted by molar-refractivity contribution is 0.0753. The van der Waals surface area contributed by atoms with Gasteiger partial charge in [0.2, 0.25) is 0 Å². The second-order valence-electron chi connectivity index (χ2n) is 6.26. The molecule has 5 heteroatoms. The van der Waals surface area contributed by atoms with Crippen LogP contribution in [0.4, 0.5) is 4.79 Å². The molecule has 0 aliphatic carbocycles. The molecule has 0 bridgehead atoms. The molecule has 1 aromatic carbocycles. The van der Waals surface area contributed by atoms with Crippen molar-refractivity contribution in [1.82, 2.24) is 9.80 Å². The van der Waals surface area contributed by atoms with Crippen LogP contribution in [-0.4, -0.2) is 54.6 Å². The minimum atomic E-state index is -0.287. The lowest BCUT2D eigenvalue weighted by atomic mass is 9.97. The number of rotatable bonds is 4. The molecular formula is C19H28N2O3. The van der Waals surface area contributed by atoms with Crippen LogP contribution in [0.2, 0.25) is 0 Å². The summed E-state index contributed by atoms with van der Waals surface area (Å²) in [6.45, 7) is 8.90. The molecule has 0 spiro atoms. The van der Waals surface area contributed by atoms with Gasteiger partial charge in [-0.25, -0.2) is 4.79 Å². The first kappa shape index (κ1) is 18.3. The van der Waals surface area contributed by atoms with Gasteiger partial charge in [0.15, 0.2) is 0 Å². The standard InChI is InChI=1S/C19H28N2O3/c1-4-15(3)16-7-9-17(10-8-16)18(22)20-11-6-12-21(14-13-20)19(23)24-5-2/h7-10,15H,4-6,11-14H2,1-3H3. The minimum Gasteiger partial charge on any atom is -0.450 e. The Labute approximate surface area is 144 Å². The average molecular weight is 332 g/mol. The first-order chi connectivity index (χ1) is 11.6. The zero-order valence-electron chi connectivity index (χ0n) is 15.0. The normalized spacial score (nSPS) is 16.5. The van der Waals surface area contributed by atoms with Crippen LogP contribution in [0.15, 0.2) is 24.3 Å². The van der Waals surface area contributed by atoms with Crippen LogP contribution in [0.1, 0.15) is 55.5 Å². The summed E-state index contributed by atoms with van der Waals surface area (Å²) in [5.74, 6) is 0.543. The molecule has 0 N–H and O–H groups in total. The van der Waals surface area contributed by atoms with Gasteiger partial charge >= 0.3 is 6.09 Å². The van der Waals surface area contributed by atoms with E-state index >= 15 is 0 Å². The van der Waals surface area contributed by atoms with E-state index in [1.165, 1.54) is 5.56 Å². The van der Waals surface area contributed by atoms with E-state index in [-0.39, 0.29) is 12.0 Å². The van der Waals surface area contributed by atoms with Gasteiger partial charge in [0.25, 0.3) is 5.91 Å². The van der Waals surface area contributed by atoms with Crippen molar-refractivity contribution >= 4 is 12.0 Å². The van der Waals surface area contributed by atoms with Crippen molar-refractivity contribution in [2.24, 2.45) is 0 Å². The van der Waals surface area contributed by atoms with Gasteiger partial charge in [-0.2, -0.15) is 0 Å². The lowest BCUT2D eigenvalue weighted by Crippen LogP contribution is -2.37. The van der Waals surface area contributed by atoms with Gasteiger partial charge in [-0.1, -0.05) is 26.0 Å². The van der Waals surface area contributed by atoms with Crippen LogP contribution in [0.5, 0.6) is 0 Å². The Morgan fingerprint density at radius 2 is 1.67 bits per heavy atom. The maximum atomic E-state index is 12.7. The second-order valence-corrected chi connectivity index (χ2v) is 6.26. The number of hydrogen-bond donors (Lipinski definition) is 0. The number of ether oxygens (including phenoxy) is 1. The summed E-state index contributed by atoms with van der Waals surface area (Å²) < 4.78 is 5.05. The maximum absolute atomic E-state index is 12.7. The third kappa shape index (κ3) is 4.49. The highest BCUT2D eigenvalue weighted by atomic mass is 16.6. The SMILES string of the molecule is CCOC(=O)N1CCCN(C(=O)c2ccc(C(C)CC)cc2)CC1. The second kappa shape index (κ2) is 8.71. The maximum Gasteiger partial charge on any atom is 0.409 e. The van der Waals surface area contributed by atoms with Gasteiger partial charge in [-0.15, -0.1) is 0 Å².